The fraction of sp³-hybridized carbons (Fsp3) is 0.583. The molecule has 0 saturated heterocycles. The minimum atomic E-state index is -0.237. The standard InChI is InChI=1S/C12H20FN3/c1-2-5-14-6-3-7-15-9-11-4-8-16-10-12(11)13/h4,8,10,14-15H,2-3,5-7,9H2,1H3. The van der Waals surface area contributed by atoms with E-state index < -0.39 is 0 Å². The minimum absolute atomic E-state index is 0.237. The molecule has 0 radical (unpaired) electrons. The molecule has 0 aliphatic heterocycles. The molecular weight excluding hydrogens is 205 g/mol. The first-order chi connectivity index (χ1) is 7.84. The lowest BCUT2D eigenvalue weighted by Crippen LogP contribution is -2.22. The molecule has 0 fully saturated rings. The molecule has 1 heterocycles. The molecule has 0 aromatic carbocycles. The molecule has 2 N–H and O–H groups in total. The lowest BCUT2D eigenvalue weighted by atomic mass is 10.2. The smallest absolute Gasteiger partial charge is 0.145 e. The van der Waals surface area contributed by atoms with Crippen molar-refractivity contribution >= 4 is 0 Å². The van der Waals surface area contributed by atoms with Crippen LogP contribution < -0.4 is 10.6 Å². The zero-order valence-electron chi connectivity index (χ0n) is 9.80. The summed E-state index contributed by atoms with van der Waals surface area (Å²) in [6.45, 7) is 5.71. The van der Waals surface area contributed by atoms with Crippen molar-refractivity contribution in [2.24, 2.45) is 0 Å². The van der Waals surface area contributed by atoms with E-state index in [0.717, 1.165) is 32.5 Å². The molecule has 0 atom stereocenters. The van der Waals surface area contributed by atoms with E-state index in [0.29, 0.717) is 12.1 Å². The third-order valence-electron chi connectivity index (χ3n) is 2.31. The predicted molar refractivity (Wildman–Crippen MR) is 63.7 cm³/mol. The number of nitrogens with one attached hydrogen (secondary N) is 2. The van der Waals surface area contributed by atoms with Crippen molar-refractivity contribution in [1.29, 1.82) is 0 Å². The highest BCUT2D eigenvalue weighted by Crippen LogP contribution is 2.02. The Morgan fingerprint density at radius 3 is 2.81 bits per heavy atom. The molecule has 1 aromatic heterocycles. The largest absolute Gasteiger partial charge is 0.317 e. The summed E-state index contributed by atoms with van der Waals surface area (Å²) in [5, 5.41) is 6.53. The van der Waals surface area contributed by atoms with Crippen LogP contribution >= 0.6 is 0 Å². The molecule has 1 rings (SSSR count). The molecule has 90 valence electrons. The number of hydrogen-bond donors (Lipinski definition) is 2. The van der Waals surface area contributed by atoms with Gasteiger partial charge in [0.25, 0.3) is 0 Å². The number of pyridine rings is 1. The van der Waals surface area contributed by atoms with Gasteiger partial charge in [-0.3, -0.25) is 4.98 Å². The average Bonchev–Trinajstić information content (AvgIpc) is 2.30. The average molecular weight is 225 g/mol. The minimum Gasteiger partial charge on any atom is -0.317 e. The molecule has 0 spiro atoms. The topological polar surface area (TPSA) is 37.0 Å². The Kier molecular flexibility index (Phi) is 6.69. The van der Waals surface area contributed by atoms with Crippen molar-refractivity contribution in [1.82, 2.24) is 15.6 Å². The van der Waals surface area contributed by atoms with E-state index in [4.69, 9.17) is 0 Å². The summed E-state index contributed by atoms with van der Waals surface area (Å²) in [4.78, 5) is 3.71. The van der Waals surface area contributed by atoms with E-state index in [1.54, 1.807) is 12.3 Å². The number of rotatable bonds is 8. The summed E-state index contributed by atoms with van der Waals surface area (Å²) in [5.74, 6) is -0.237. The van der Waals surface area contributed by atoms with E-state index in [9.17, 15) is 4.39 Å². The van der Waals surface area contributed by atoms with Gasteiger partial charge in [-0.15, -0.1) is 0 Å². The molecule has 0 bridgehead atoms. The van der Waals surface area contributed by atoms with E-state index >= 15 is 0 Å². The highest BCUT2D eigenvalue weighted by Gasteiger charge is 1.99. The fourth-order valence-corrected chi connectivity index (χ4v) is 1.41. The van der Waals surface area contributed by atoms with Gasteiger partial charge in [-0.1, -0.05) is 6.92 Å². The van der Waals surface area contributed by atoms with Gasteiger partial charge in [-0.2, -0.15) is 0 Å². The van der Waals surface area contributed by atoms with Gasteiger partial charge in [-0.25, -0.2) is 4.39 Å². The SMILES string of the molecule is CCCNCCCNCc1ccncc1F. The van der Waals surface area contributed by atoms with Crippen LogP contribution in [0.25, 0.3) is 0 Å². The maximum Gasteiger partial charge on any atom is 0.145 e. The molecule has 0 aliphatic rings. The third-order valence-corrected chi connectivity index (χ3v) is 2.31. The molecular formula is C12H20FN3. The molecule has 0 aliphatic carbocycles. The molecule has 16 heavy (non-hydrogen) atoms. The first-order valence-corrected chi connectivity index (χ1v) is 5.84. The number of aromatic nitrogens is 1. The summed E-state index contributed by atoms with van der Waals surface area (Å²) in [6, 6.07) is 1.71. The number of hydrogen-bond acceptors (Lipinski definition) is 3. The van der Waals surface area contributed by atoms with Gasteiger partial charge in [0.15, 0.2) is 0 Å². The van der Waals surface area contributed by atoms with E-state index in [2.05, 4.69) is 22.5 Å². The summed E-state index contributed by atoms with van der Waals surface area (Å²) in [5.41, 5.74) is 0.677. The Balaban J connectivity index is 2.05. The first kappa shape index (κ1) is 13.1. The third kappa shape index (κ3) is 5.19. The fourth-order valence-electron chi connectivity index (χ4n) is 1.41. The number of halogens is 1. The molecule has 0 saturated carbocycles. The maximum atomic E-state index is 13.2. The van der Waals surface area contributed by atoms with Crippen molar-refractivity contribution in [3.8, 4) is 0 Å². The lowest BCUT2D eigenvalue weighted by molar-refractivity contribution is 0.563. The molecule has 4 heteroatoms. The molecule has 0 amide bonds. The Labute approximate surface area is 96.5 Å². The van der Waals surface area contributed by atoms with Gasteiger partial charge in [0.2, 0.25) is 0 Å². The Bertz CT molecular complexity index is 291. The summed E-state index contributed by atoms with van der Waals surface area (Å²) >= 11 is 0. The van der Waals surface area contributed by atoms with Crippen LogP contribution in [0.2, 0.25) is 0 Å². The van der Waals surface area contributed by atoms with Gasteiger partial charge in [-0.05, 0) is 38.5 Å². The second-order valence-corrected chi connectivity index (χ2v) is 3.75. The maximum absolute atomic E-state index is 13.2. The van der Waals surface area contributed by atoms with Crippen molar-refractivity contribution in [2.75, 3.05) is 19.6 Å². The van der Waals surface area contributed by atoms with Crippen molar-refractivity contribution in [2.45, 2.75) is 26.3 Å². The van der Waals surface area contributed by atoms with Crippen LogP contribution in [0.5, 0.6) is 0 Å². The van der Waals surface area contributed by atoms with Gasteiger partial charge in [0, 0.05) is 18.3 Å². The quantitative estimate of drug-likeness (QED) is 0.661. The van der Waals surface area contributed by atoms with Crippen LogP contribution in [-0.4, -0.2) is 24.6 Å². The second-order valence-electron chi connectivity index (χ2n) is 3.75. The monoisotopic (exact) mass is 225 g/mol. The Morgan fingerprint density at radius 2 is 2.06 bits per heavy atom. The Morgan fingerprint density at radius 1 is 1.25 bits per heavy atom. The van der Waals surface area contributed by atoms with Crippen LogP contribution in [-0.2, 0) is 6.54 Å². The van der Waals surface area contributed by atoms with Crippen LogP contribution in [0.15, 0.2) is 18.5 Å². The second kappa shape index (κ2) is 8.19. The van der Waals surface area contributed by atoms with Gasteiger partial charge in [0.05, 0.1) is 6.20 Å². The van der Waals surface area contributed by atoms with E-state index in [-0.39, 0.29) is 5.82 Å². The molecule has 1 aromatic rings. The highest BCUT2D eigenvalue weighted by atomic mass is 19.1. The highest BCUT2D eigenvalue weighted by molar-refractivity contribution is 5.11. The van der Waals surface area contributed by atoms with Crippen molar-refractivity contribution in [3.05, 3.63) is 29.8 Å². The molecule has 3 nitrogen and oxygen atoms in total. The predicted octanol–water partition coefficient (Wildman–Crippen LogP) is 1.70. The van der Waals surface area contributed by atoms with Gasteiger partial charge < -0.3 is 10.6 Å². The zero-order chi connectivity index (χ0) is 11.6. The van der Waals surface area contributed by atoms with E-state index in [1.165, 1.54) is 6.20 Å². The molecule has 0 unspecified atom stereocenters. The summed E-state index contributed by atoms with van der Waals surface area (Å²) in [6.07, 6.45) is 5.09. The lowest BCUT2D eigenvalue weighted by Gasteiger charge is -2.06. The first-order valence-electron chi connectivity index (χ1n) is 5.84. The van der Waals surface area contributed by atoms with Gasteiger partial charge in [0.1, 0.15) is 5.82 Å². The van der Waals surface area contributed by atoms with Crippen molar-refractivity contribution in [3.63, 3.8) is 0 Å². The van der Waals surface area contributed by atoms with Gasteiger partial charge >= 0.3 is 0 Å². The Hall–Kier alpha value is -1.00. The normalized spacial score (nSPS) is 10.6. The van der Waals surface area contributed by atoms with Crippen LogP contribution in [0.4, 0.5) is 4.39 Å². The summed E-state index contributed by atoms with van der Waals surface area (Å²) in [7, 11) is 0. The van der Waals surface area contributed by atoms with Crippen LogP contribution in [0.3, 0.4) is 0 Å². The number of nitrogens with zero attached hydrogens (tertiary/aromatic N) is 1. The van der Waals surface area contributed by atoms with Crippen LogP contribution in [0.1, 0.15) is 25.3 Å². The van der Waals surface area contributed by atoms with E-state index in [1.807, 2.05) is 0 Å². The zero-order valence-corrected chi connectivity index (χ0v) is 9.80. The van der Waals surface area contributed by atoms with Crippen LogP contribution in [0, 0.1) is 5.82 Å². The van der Waals surface area contributed by atoms with Crippen molar-refractivity contribution < 1.29 is 4.39 Å². The summed E-state index contributed by atoms with van der Waals surface area (Å²) < 4.78 is 13.2.